The molecule has 0 fully saturated rings. The van der Waals surface area contributed by atoms with E-state index >= 15 is 0 Å². The summed E-state index contributed by atoms with van der Waals surface area (Å²) in [5.41, 5.74) is 0.987. The molecule has 2 aromatic rings. The molecule has 0 atom stereocenters. The first-order chi connectivity index (χ1) is 9.01. The molecule has 2 aromatic carbocycles. The molecular formula is C14H9BrCl2O2. The van der Waals surface area contributed by atoms with E-state index in [0.717, 1.165) is 4.47 Å². The van der Waals surface area contributed by atoms with Gasteiger partial charge in [0.05, 0.1) is 12.1 Å². The molecule has 0 aromatic heterocycles. The SMILES string of the molecule is COc1ccc(C(=O)c2cc(Cl)cc(Br)c2)cc1Cl. The molecule has 98 valence electrons. The molecule has 0 radical (unpaired) electrons. The Morgan fingerprint density at radius 1 is 1.11 bits per heavy atom. The van der Waals surface area contributed by atoms with Gasteiger partial charge in [0.1, 0.15) is 5.75 Å². The van der Waals surface area contributed by atoms with Crippen molar-refractivity contribution in [3.63, 3.8) is 0 Å². The monoisotopic (exact) mass is 358 g/mol. The lowest BCUT2D eigenvalue weighted by Gasteiger charge is -2.06. The lowest BCUT2D eigenvalue weighted by Crippen LogP contribution is -2.01. The summed E-state index contributed by atoms with van der Waals surface area (Å²) < 4.78 is 5.80. The molecule has 0 bridgehead atoms. The van der Waals surface area contributed by atoms with E-state index in [0.29, 0.717) is 26.9 Å². The molecule has 2 rings (SSSR count). The Morgan fingerprint density at radius 2 is 1.84 bits per heavy atom. The minimum absolute atomic E-state index is 0.146. The van der Waals surface area contributed by atoms with Crippen LogP contribution in [0.25, 0.3) is 0 Å². The summed E-state index contributed by atoms with van der Waals surface area (Å²) in [6.45, 7) is 0. The van der Waals surface area contributed by atoms with E-state index < -0.39 is 0 Å². The van der Waals surface area contributed by atoms with Crippen LogP contribution in [0.3, 0.4) is 0 Å². The zero-order valence-electron chi connectivity index (χ0n) is 9.91. The smallest absolute Gasteiger partial charge is 0.193 e. The third-order valence-corrected chi connectivity index (χ3v) is 3.51. The molecule has 0 saturated carbocycles. The van der Waals surface area contributed by atoms with Crippen LogP contribution in [0.15, 0.2) is 40.9 Å². The summed E-state index contributed by atoms with van der Waals surface area (Å²) in [5, 5.41) is 0.895. The van der Waals surface area contributed by atoms with Gasteiger partial charge in [0.2, 0.25) is 0 Å². The number of halogens is 3. The quantitative estimate of drug-likeness (QED) is 0.721. The lowest BCUT2D eigenvalue weighted by atomic mass is 10.0. The van der Waals surface area contributed by atoms with Crippen LogP contribution in [0.1, 0.15) is 15.9 Å². The molecule has 0 heterocycles. The molecule has 19 heavy (non-hydrogen) atoms. The molecule has 0 amide bonds. The molecule has 2 nitrogen and oxygen atoms in total. The highest BCUT2D eigenvalue weighted by molar-refractivity contribution is 9.10. The Bertz CT molecular complexity index is 621. The number of methoxy groups -OCH3 is 1. The average molecular weight is 360 g/mol. The van der Waals surface area contributed by atoms with Gasteiger partial charge in [0.25, 0.3) is 0 Å². The number of ketones is 1. The normalized spacial score (nSPS) is 10.3. The second-order valence-electron chi connectivity index (χ2n) is 3.84. The third kappa shape index (κ3) is 3.30. The minimum atomic E-state index is -0.146. The second-order valence-corrected chi connectivity index (χ2v) is 5.60. The first-order valence-corrected chi connectivity index (χ1v) is 6.90. The number of ether oxygens (including phenoxy) is 1. The number of rotatable bonds is 3. The first-order valence-electron chi connectivity index (χ1n) is 5.35. The minimum Gasteiger partial charge on any atom is -0.495 e. The average Bonchev–Trinajstić information content (AvgIpc) is 2.36. The van der Waals surface area contributed by atoms with Gasteiger partial charge >= 0.3 is 0 Å². The van der Waals surface area contributed by atoms with E-state index in [4.69, 9.17) is 27.9 Å². The summed E-state index contributed by atoms with van der Waals surface area (Å²) in [4.78, 5) is 12.3. The first kappa shape index (κ1) is 14.4. The third-order valence-electron chi connectivity index (χ3n) is 2.54. The Labute approximate surface area is 129 Å². The van der Waals surface area contributed by atoms with Gasteiger partial charge in [0, 0.05) is 20.6 Å². The number of hydrogen-bond donors (Lipinski definition) is 0. The fourth-order valence-electron chi connectivity index (χ4n) is 1.66. The van der Waals surface area contributed by atoms with Gasteiger partial charge in [-0.15, -0.1) is 0 Å². The van der Waals surface area contributed by atoms with Gasteiger partial charge in [0.15, 0.2) is 5.78 Å². The van der Waals surface area contributed by atoms with Crippen molar-refractivity contribution in [2.75, 3.05) is 7.11 Å². The van der Waals surface area contributed by atoms with Crippen LogP contribution in [0.4, 0.5) is 0 Å². The van der Waals surface area contributed by atoms with Crippen LogP contribution in [-0.4, -0.2) is 12.9 Å². The number of carbonyl (C=O) groups excluding carboxylic acids is 1. The highest BCUT2D eigenvalue weighted by Gasteiger charge is 2.12. The summed E-state index contributed by atoms with van der Waals surface area (Å²) in [7, 11) is 1.52. The van der Waals surface area contributed by atoms with E-state index in [9.17, 15) is 4.79 Å². The lowest BCUT2D eigenvalue weighted by molar-refractivity contribution is 0.103. The van der Waals surface area contributed by atoms with Gasteiger partial charge < -0.3 is 4.74 Å². The Morgan fingerprint density at radius 3 is 2.42 bits per heavy atom. The number of carbonyl (C=O) groups is 1. The Hall–Kier alpha value is -1.03. The molecule has 0 aliphatic heterocycles. The largest absolute Gasteiger partial charge is 0.495 e. The van der Waals surface area contributed by atoms with Crippen LogP contribution in [-0.2, 0) is 0 Å². The fraction of sp³-hybridized carbons (Fsp3) is 0.0714. The molecule has 0 aliphatic carbocycles. The molecule has 5 heteroatoms. The predicted molar refractivity (Wildman–Crippen MR) is 80.6 cm³/mol. The topological polar surface area (TPSA) is 26.3 Å². The molecule has 0 N–H and O–H groups in total. The van der Waals surface area contributed by atoms with Crippen molar-refractivity contribution >= 4 is 44.9 Å². The summed E-state index contributed by atoms with van der Waals surface area (Å²) in [6.07, 6.45) is 0. The molecule has 0 unspecified atom stereocenters. The molecule has 0 spiro atoms. The molecule has 0 saturated heterocycles. The van der Waals surface area contributed by atoms with Crippen molar-refractivity contribution in [1.82, 2.24) is 0 Å². The van der Waals surface area contributed by atoms with E-state index in [1.165, 1.54) is 7.11 Å². The van der Waals surface area contributed by atoms with Crippen LogP contribution in [0.5, 0.6) is 5.75 Å². The van der Waals surface area contributed by atoms with E-state index in [2.05, 4.69) is 15.9 Å². The molecular weight excluding hydrogens is 351 g/mol. The number of hydrogen-bond acceptors (Lipinski definition) is 2. The van der Waals surface area contributed by atoms with Crippen molar-refractivity contribution in [1.29, 1.82) is 0 Å². The van der Waals surface area contributed by atoms with Crippen LogP contribution >= 0.6 is 39.1 Å². The van der Waals surface area contributed by atoms with Crippen molar-refractivity contribution in [2.45, 2.75) is 0 Å². The van der Waals surface area contributed by atoms with Gasteiger partial charge in [-0.3, -0.25) is 4.79 Å². The van der Waals surface area contributed by atoms with Crippen molar-refractivity contribution in [2.24, 2.45) is 0 Å². The summed E-state index contributed by atoms with van der Waals surface area (Å²) in [6, 6.07) is 9.97. The van der Waals surface area contributed by atoms with Crippen LogP contribution in [0.2, 0.25) is 10.0 Å². The van der Waals surface area contributed by atoms with Gasteiger partial charge in [-0.05, 0) is 36.4 Å². The number of benzene rings is 2. The molecule has 0 aliphatic rings. The maximum Gasteiger partial charge on any atom is 0.193 e. The van der Waals surface area contributed by atoms with E-state index in [1.807, 2.05) is 0 Å². The maximum absolute atomic E-state index is 12.3. The van der Waals surface area contributed by atoms with E-state index in [-0.39, 0.29) is 5.78 Å². The van der Waals surface area contributed by atoms with Crippen molar-refractivity contribution in [3.8, 4) is 5.75 Å². The Balaban J connectivity index is 2.41. The second kappa shape index (κ2) is 5.95. The zero-order chi connectivity index (χ0) is 14.0. The van der Waals surface area contributed by atoms with Gasteiger partial charge in [-0.2, -0.15) is 0 Å². The van der Waals surface area contributed by atoms with Crippen LogP contribution < -0.4 is 4.74 Å². The Kier molecular flexibility index (Phi) is 4.50. The van der Waals surface area contributed by atoms with Gasteiger partial charge in [-0.1, -0.05) is 39.1 Å². The van der Waals surface area contributed by atoms with Crippen molar-refractivity contribution in [3.05, 3.63) is 62.0 Å². The van der Waals surface area contributed by atoms with Crippen LogP contribution in [0, 0.1) is 0 Å². The predicted octanol–water partition coefficient (Wildman–Crippen LogP) is 5.00. The zero-order valence-corrected chi connectivity index (χ0v) is 13.0. The highest BCUT2D eigenvalue weighted by Crippen LogP contribution is 2.27. The van der Waals surface area contributed by atoms with Crippen molar-refractivity contribution < 1.29 is 9.53 Å². The highest BCUT2D eigenvalue weighted by atomic mass is 79.9. The fourth-order valence-corrected chi connectivity index (χ4v) is 2.78. The standard InChI is InChI=1S/C14H9BrCl2O2/c1-19-13-3-2-8(6-12(13)17)14(18)9-4-10(15)7-11(16)5-9/h2-7H,1H3. The summed E-state index contributed by atoms with van der Waals surface area (Å²) >= 11 is 15.3. The summed E-state index contributed by atoms with van der Waals surface area (Å²) in [5.74, 6) is 0.387. The maximum atomic E-state index is 12.3. The van der Waals surface area contributed by atoms with Gasteiger partial charge in [-0.25, -0.2) is 0 Å². The van der Waals surface area contributed by atoms with E-state index in [1.54, 1.807) is 36.4 Å².